The van der Waals surface area contributed by atoms with E-state index >= 15 is 0 Å². The summed E-state index contributed by atoms with van der Waals surface area (Å²) in [5.74, 6) is 0.350. The number of anilines is 2. The Kier molecular flexibility index (Phi) is 2.11. The molecule has 0 fully saturated rings. The predicted molar refractivity (Wildman–Crippen MR) is 63.3 cm³/mol. The molecule has 1 aliphatic heterocycles. The predicted octanol–water partition coefficient (Wildman–Crippen LogP) is 1.81. The molecule has 0 saturated carbocycles. The molecule has 0 saturated heterocycles. The number of amides is 1. The first-order chi connectivity index (χ1) is 8.25. The van der Waals surface area contributed by atoms with E-state index in [1.165, 1.54) is 0 Å². The summed E-state index contributed by atoms with van der Waals surface area (Å²) < 4.78 is 4.87. The van der Waals surface area contributed by atoms with Crippen molar-refractivity contribution in [2.24, 2.45) is 0 Å². The molecule has 0 radical (unpaired) electrons. The maximum atomic E-state index is 11.3. The minimum absolute atomic E-state index is 0.0490. The van der Waals surface area contributed by atoms with Crippen molar-refractivity contribution in [3.8, 4) is 11.1 Å². The molecule has 5 heteroatoms. The molecule has 17 heavy (non-hydrogen) atoms. The van der Waals surface area contributed by atoms with Gasteiger partial charge in [0.1, 0.15) is 0 Å². The minimum Gasteiger partial charge on any atom is -0.367 e. The summed E-state index contributed by atoms with van der Waals surface area (Å²) in [7, 11) is 0. The molecule has 3 rings (SSSR count). The van der Waals surface area contributed by atoms with E-state index in [4.69, 9.17) is 10.3 Å². The lowest BCUT2D eigenvalue weighted by atomic mass is 9.94. The summed E-state index contributed by atoms with van der Waals surface area (Å²) in [5.41, 5.74) is 9.40. The topological polar surface area (TPSA) is 81.2 Å². The van der Waals surface area contributed by atoms with Gasteiger partial charge in [0.25, 0.3) is 0 Å². The van der Waals surface area contributed by atoms with Crippen LogP contribution < -0.4 is 11.1 Å². The number of nitrogen functional groups attached to an aromatic ring is 1. The molecule has 0 bridgehead atoms. The van der Waals surface area contributed by atoms with Crippen molar-refractivity contribution in [3.05, 3.63) is 30.0 Å². The van der Waals surface area contributed by atoms with Gasteiger partial charge in [0.2, 0.25) is 11.8 Å². The fraction of sp³-hybridized carbons (Fsp3) is 0.167. The monoisotopic (exact) mass is 229 g/mol. The standard InChI is InChI=1S/C12H11N3O2/c13-12-9(6-14-17-12)7-2-1-3-10-8(7)4-5-11(16)15-10/h1-3,6H,4-5,13H2,(H,15,16). The molecule has 1 aromatic carbocycles. The Hall–Kier alpha value is -2.30. The van der Waals surface area contributed by atoms with E-state index in [0.29, 0.717) is 18.7 Å². The van der Waals surface area contributed by atoms with Crippen LogP contribution in [-0.4, -0.2) is 11.1 Å². The molecule has 1 amide bonds. The van der Waals surface area contributed by atoms with Crippen molar-refractivity contribution < 1.29 is 9.32 Å². The summed E-state index contributed by atoms with van der Waals surface area (Å²) in [5, 5.41) is 6.53. The van der Waals surface area contributed by atoms with Gasteiger partial charge in [-0.05, 0) is 23.6 Å². The zero-order valence-electron chi connectivity index (χ0n) is 9.06. The van der Waals surface area contributed by atoms with E-state index in [-0.39, 0.29) is 5.91 Å². The number of aromatic nitrogens is 1. The number of rotatable bonds is 1. The SMILES string of the molecule is Nc1oncc1-c1cccc2c1CCC(=O)N2. The third kappa shape index (κ3) is 1.56. The average molecular weight is 229 g/mol. The van der Waals surface area contributed by atoms with Crippen LogP contribution in [0.5, 0.6) is 0 Å². The van der Waals surface area contributed by atoms with Gasteiger partial charge in [-0.2, -0.15) is 0 Å². The molecule has 2 aromatic rings. The largest absolute Gasteiger partial charge is 0.367 e. The van der Waals surface area contributed by atoms with E-state index < -0.39 is 0 Å². The maximum absolute atomic E-state index is 11.3. The normalized spacial score (nSPS) is 14.2. The maximum Gasteiger partial charge on any atom is 0.229 e. The van der Waals surface area contributed by atoms with Gasteiger partial charge in [0.05, 0.1) is 11.8 Å². The summed E-state index contributed by atoms with van der Waals surface area (Å²) >= 11 is 0. The Labute approximate surface area is 97.6 Å². The molecule has 5 nitrogen and oxygen atoms in total. The molecule has 0 unspecified atom stereocenters. The second-order valence-corrected chi connectivity index (χ2v) is 3.98. The first-order valence-corrected chi connectivity index (χ1v) is 5.38. The number of carbonyl (C=O) groups excluding carboxylic acids is 1. The van der Waals surface area contributed by atoms with Crippen molar-refractivity contribution in [1.82, 2.24) is 5.16 Å². The highest BCUT2D eigenvalue weighted by Gasteiger charge is 2.20. The average Bonchev–Trinajstić information content (AvgIpc) is 2.74. The number of benzene rings is 1. The lowest BCUT2D eigenvalue weighted by Gasteiger charge is -2.19. The fourth-order valence-electron chi connectivity index (χ4n) is 2.13. The number of carbonyl (C=O) groups is 1. The Bertz CT molecular complexity index is 589. The quantitative estimate of drug-likeness (QED) is 0.781. The highest BCUT2D eigenvalue weighted by Crippen LogP contribution is 2.35. The van der Waals surface area contributed by atoms with Crippen LogP contribution in [0, 0.1) is 0 Å². The molecule has 1 aliphatic rings. The van der Waals surface area contributed by atoms with Crippen molar-refractivity contribution in [2.75, 3.05) is 11.1 Å². The Morgan fingerprint density at radius 3 is 2.94 bits per heavy atom. The van der Waals surface area contributed by atoms with Gasteiger partial charge in [-0.15, -0.1) is 0 Å². The number of nitrogens with two attached hydrogens (primary N) is 1. The van der Waals surface area contributed by atoms with Crippen molar-refractivity contribution >= 4 is 17.5 Å². The van der Waals surface area contributed by atoms with Crippen LogP contribution in [0.15, 0.2) is 28.9 Å². The first kappa shape index (κ1) is 9.89. The zero-order chi connectivity index (χ0) is 11.8. The van der Waals surface area contributed by atoms with Crippen LogP contribution in [-0.2, 0) is 11.2 Å². The van der Waals surface area contributed by atoms with E-state index in [9.17, 15) is 4.79 Å². The molecule has 0 aliphatic carbocycles. The molecular weight excluding hydrogens is 218 g/mol. The Balaban J connectivity index is 2.16. The van der Waals surface area contributed by atoms with Crippen LogP contribution in [0.2, 0.25) is 0 Å². The minimum atomic E-state index is 0.0490. The van der Waals surface area contributed by atoms with E-state index in [1.54, 1.807) is 6.20 Å². The molecule has 86 valence electrons. The van der Waals surface area contributed by atoms with Crippen molar-refractivity contribution in [2.45, 2.75) is 12.8 Å². The van der Waals surface area contributed by atoms with E-state index in [2.05, 4.69) is 10.5 Å². The highest BCUT2D eigenvalue weighted by molar-refractivity contribution is 5.96. The van der Waals surface area contributed by atoms with Gasteiger partial charge < -0.3 is 15.6 Å². The first-order valence-electron chi connectivity index (χ1n) is 5.38. The zero-order valence-corrected chi connectivity index (χ0v) is 9.06. The Morgan fingerprint density at radius 2 is 2.18 bits per heavy atom. The molecular formula is C12H11N3O2. The van der Waals surface area contributed by atoms with Gasteiger partial charge in [-0.1, -0.05) is 17.3 Å². The van der Waals surface area contributed by atoms with Gasteiger partial charge in [-0.3, -0.25) is 4.79 Å². The smallest absolute Gasteiger partial charge is 0.229 e. The molecule has 0 spiro atoms. The molecule has 2 heterocycles. The van der Waals surface area contributed by atoms with Crippen molar-refractivity contribution in [1.29, 1.82) is 0 Å². The van der Waals surface area contributed by atoms with Crippen LogP contribution >= 0.6 is 0 Å². The fourth-order valence-corrected chi connectivity index (χ4v) is 2.13. The van der Waals surface area contributed by atoms with Gasteiger partial charge >= 0.3 is 0 Å². The number of nitrogens with one attached hydrogen (secondary N) is 1. The number of fused-ring (bicyclic) bond motifs is 1. The molecule has 1 aromatic heterocycles. The number of nitrogens with zero attached hydrogens (tertiary/aromatic N) is 1. The third-order valence-corrected chi connectivity index (χ3v) is 2.94. The van der Waals surface area contributed by atoms with Crippen LogP contribution in [0.3, 0.4) is 0 Å². The molecule has 3 N–H and O–H groups in total. The van der Waals surface area contributed by atoms with Crippen molar-refractivity contribution in [3.63, 3.8) is 0 Å². The number of hydrogen-bond donors (Lipinski definition) is 2. The third-order valence-electron chi connectivity index (χ3n) is 2.94. The highest BCUT2D eigenvalue weighted by atomic mass is 16.5. The molecule has 0 atom stereocenters. The second-order valence-electron chi connectivity index (χ2n) is 3.98. The Morgan fingerprint density at radius 1 is 1.29 bits per heavy atom. The summed E-state index contributed by atoms with van der Waals surface area (Å²) in [4.78, 5) is 11.3. The number of hydrogen-bond acceptors (Lipinski definition) is 4. The van der Waals surface area contributed by atoms with Crippen LogP contribution in [0.4, 0.5) is 11.6 Å². The van der Waals surface area contributed by atoms with E-state index in [1.807, 2.05) is 18.2 Å². The van der Waals surface area contributed by atoms with Gasteiger partial charge in [0, 0.05) is 12.1 Å². The lowest BCUT2D eigenvalue weighted by Crippen LogP contribution is -2.19. The van der Waals surface area contributed by atoms with Crippen LogP contribution in [0.25, 0.3) is 11.1 Å². The lowest BCUT2D eigenvalue weighted by molar-refractivity contribution is -0.116. The summed E-state index contributed by atoms with van der Waals surface area (Å²) in [6, 6.07) is 5.73. The van der Waals surface area contributed by atoms with Gasteiger partial charge in [0.15, 0.2) is 0 Å². The second kappa shape index (κ2) is 3.62. The summed E-state index contributed by atoms with van der Waals surface area (Å²) in [6.45, 7) is 0. The summed E-state index contributed by atoms with van der Waals surface area (Å²) in [6.07, 6.45) is 2.80. The van der Waals surface area contributed by atoms with Crippen LogP contribution in [0.1, 0.15) is 12.0 Å². The van der Waals surface area contributed by atoms with Gasteiger partial charge in [-0.25, -0.2) is 0 Å². The van der Waals surface area contributed by atoms with E-state index in [0.717, 1.165) is 22.4 Å².